The van der Waals surface area contributed by atoms with E-state index in [-0.39, 0.29) is 30.1 Å². The van der Waals surface area contributed by atoms with E-state index >= 15 is 0 Å². The third-order valence-electron chi connectivity index (χ3n) is 3.10. The van der Waals surface area contributed by atoms with Gasteiger partial charge in [0, 0.05) is 19.5 Å². The maximum absolute atomic E-state index is 14.0. The molecule has 2 rings (SSSR count). The molecule has 1 aromatic rings. The van der Waals surface area contributed by atoms with Crippen molar-refractivity contribution in [3.63, 3.8) is 0 Å². The molecule has 1 aliphatic rings. The van der Waals surface area contributed by atoms with Crippen LogP contribution in [0.2, 0.25) is 0 Å². The highest BCUT2D eigenvalue weighted by atomic mass is 19.1. The first-order valence-corrected chi connectivity index (χ1v) is 6.38. The summed E-state index contributed by atoms with van der Waals surface area (Å²) < 4.78 is 14.0. The zero-order valence-electron chi connectivity index (χ0n) is 11.3. The van der Waals surface area contributed by atoms with Crippen LogP contribution in [0, 0.1) is 12.7 Å². The number of ketones is 1. The van der Waals surface area contributed by atoms with Crippen LogP contribution in [-0.2, 0) is 9.59 Å². The van der Waals surface area contributed by atoms with Gasteiger partial charge in [0.2, 0.25) is 5.91 Å². The van der Waals surface area contributed by atoms with Gasteiger partial charge >= 0.3 is 0 Å². The maximum atomic E-state index is 14.0. The van der Waals surface area contributed by atoms with Crippen LogP contribution in [0.5, 0.6) is 0 Å². The van der Waals surface area contributed by atoms with Crippen LogP contribution in [-0.4, -0.2) is 30.7 Å². The van der Waals surface area contributed by atoms with Gasteiger partial charge in [-0.05, 0) is 31.5 Å². The largest absolute Gasteiger partial charge is 0.356 e. The Labute approximate surface area is 115 Å². The Bertz CT molecular complexity index is 598. The number of nitrogens with one attached hydrogen (secondary N) is 1. The molecule has 5 nitrogen and oxygen atoms in total. The van der Waals surface area contributed by atoms with Gasteiger partial charge in [-0.25, -0.2) is 4.39 Å². The number of hydrogen-bond acceptors (Lipinski definition) is 3. The lowest BCUT2D eigenvalue weighted by atomic mass is 10.1. The summed E-state index contributed by atoms with van der Waals surface area (Å²) in [5.41, 5.74) is 0.631. The fourth-order valence-electron chi connectivity index (χ4n) is 2.23. The monoisotopic (exact) mass is 278 g/mol. The molecule has 0 atom stereocenters. The molecule has 2 amide bonds. The highest BCUT2D eigenvalue weighted by Gasteiger charge is 2.38. The lowest BCUT2D eigenvalue weighted by Crippen LogP contribution is -2.34. The van der Waals surface area contributed by atoms with Crippen LogP contribution < -0.4 is 10.2 Å². The fourth-order valence-corrected chi connectivity index (χ4v) is 2.23. The molecule has 106 valence electrons. The molecule has 6 heteroatoms. The minimum absolute atomic E-state index is 0.0105. The number of hydrogen-bond donors (Lipinski definition) is 1. The number of carbonyl (C=O) groups excluding carboxylic acids is 3. The summed E-state index contributed by atoms with van der Waals surface area (Å²) in [7, 11) is 0. The molecule has 20 heavy (non-hydrogen) atoms. The van der Waals surface area contributed by atoms with E-state index in [9.17, 15) is 18.8 Å². The number of amides is 2. The lowest BCUT2D eigenvalue weighted by molar-refractivity contribution is -0.120. The van der Waals surface area contributed by atoms with E-state index in [4.69, 9.17) is 0 Å². The topological polar surface area (TPSA) is 66.5 Å². The molecule has 0 aliphatic carbocycles. The van der Waals surface area contributed by atoms with Crippen molar-refractivity contribution in [1.82, 2.24) is 5.32 Å². The SMILES string of the molecule is CCNC(=O)CCN1C(=O)C(=O)c2cc(C)cc(F)c21. The number of fused-ring (bicyclic) bond motifs is 1. The van der Waals surface area contributed by atoms with Crippen molar-refractivity contribution in [2.24, 2.45) is 0 Å². The summed E-state index contributed by atoms with van der Waals surface area (Å²) in [6.45, 7) is 3.90. The van der Waals surface area contributed by atoms with E-state index in [0.29, 0.717) is 12.1 Å². The summed E-state index contributed by atoms with van der Waals surface area (Å²) in [4.78, 5) is 36.2. The van der Waals surface area contributed by atoms with E-state index in [0.717, 1.165) is 4.90 Å². The summed E-state index contributed by atoms with van der Waals surface area (Å²) in [6.07, 6.45) is 0.0274. The summed E-state index contributed by atoms with van der Waals surface area (Å²) in [5.74, 6) is -2.36. The Morgan fingerprint density at radius 1 is 1.35 bits per heavy atom. The lowest BCUT2D eigenvalue weighted by Gasteiger charge is -2.16. The first-order chi connectivity index (χ1) is 9.45. The van der Waals surface area contributed by atoms with Crippen molar-refractivity contribution in [3.8, 4) is 0 Å². The smallest absolute Gasteiger partial charge is 0.299 e. The minimum atomic E-state index is -0.784. The fraction of sp³-hybridized carbons (Fsp3) is 0.357. The zero-order chi connectivity index (χ0) is 14.9. The Morgan fingerprint density at radius 3 is 2.70 bits per heavy atom. The van der Waals surface area contributed by atoms with Crippen LogP contribution in [0.15, 0.2) is 12.1 Å². The van der Waals surface area contributed by atoms with Crippen molar-refractivity contribution in [2.75, 3.05) is 18.0 Å². The first kappa shape index (κ1) is 14.2. The second kappa shape index (κ2) is 5.40. The number of benzene rings is 1. The van der Waals surface area contributed by atoms with Crippen molar-refractivity contribution in [1.29, 1.82) is 0 Å². The predicted molar refractivity (Wildman–Crippen MR) is 71.1 cm³/mol. The summed E-state index contributed by atoms with van der Waals surface area (Å²) in [6, 6.07) is 2.76. The Hall–Kier alpha value is -2.24. The zero-order valence-corrected chi connectivity index (χ0v) is 11.3. The standard InChI is InChI=1S/C14H15FN2O3/c1-3-16-11(18)4-5-17-12-9(13(19)14(17)20)6-8(2)7-10(12)15/h6-7H,3-5H2,1-2H3,(H,16,18). The highest BCUT2D eigenvalue weighted by molar-refractivity contribution is 6.52. The number of Topliss-reactive ketones (excluding diaryl/α,β-unsaturated/α-hetero) is 1. The Kier molecular flexibility index (Phi) is 3.83. The second-order valence-corrected chi connectivity index (χ2v) is 4.63. The quantitative estimate of drug-likeness (QED) is 0.841. The van der Waals surface area contributed by atoms with Crippen molar-refractivity contribution in [3.05, 3.63) is 29.1 Å². The molecule has 0 radical (unpaired) electrons. The highest BCUT2D eigenvalue weighted by Crippen LogP contribution is 2.32. The molecule has 1 aliphatic heterocycles. The van der Waals surface area contributed by atoms with Crippen LogP contribution in [0.3, 0.4) is 0 Å². The molecular weight excluding hydrogens is 263 g/mol. The van der Waals surface area contributed by atoms with E-state index in [1.807, 2.05) is 0 Å². The van der Waals surface area contributed by atoms with Gasteiger partial charge in [0.1, 0.15) is 5.82 Å². The van der Waals surface area contributed by atoms with Crippen LogP contribution >= 0.6 is 0 Å². The molecule has 1 aromatic carbocycles. The van der Waals surface area contributed by atoms with Crippen LogP contribution in [0.4, 0.5) is 10.1 Å². The normalized spacial score (nSPS) is 13.7. The maximum Gasteiger partial charge on any atom is 0.299 e. The van der Waals surface area contributed by atoms with Gasteiger partial charge in [-0.2, -0.15) is 0 Å². The molecule has 0 fully saturated rings. The average Bonchev–Trinajstić information content (AvgIpc) is 2.61. The summed E-state index contributed by atoms with van der Waals surface area (Å²) >= 11 is 0. The van der Waals surface area contributed by atoms with Crippen molar-refractivity contribution < 1.29 is 18.8 Å². The number of carbonyl (C=O) groups is 3. The predicted octanol–water partition coefficient (Wildman–Crippen LogP) is 1.19. The van der Waals surface area contributed by atoms with Gasteiger partial charge < -0.3 is 10.2 Å². The molecule has 1 N–H and O–H groups in total. The van der Waals surface area contributed by atoms with Gasteiger partial charge in [0.25, 0.3) is 11.7 Å². The number of nitrogens with zero attached hydrogens (tertiary/aromatic N) is 1. The Morgan fingerprint density at radius 2 is 2.05 bits per heavy atom. The minimum Gasteiger partial charge on any atom is -0.356 e. The van der Waals surface area contributed by atoms with Crippen LogP contribution in [0.25, 0.3) is 0 Å². The molecular formula is C14H15FN2O3. The van der Waals surface area contributed by atoms with Gasteiger partial charge in [0.05, 0.1) is 11.3 Å². The van der Waals surface area contributed by atoms with Crippen LogP contribution in [0.1, 0.15) is 29.3 Å². The molecule has 0 spiro atoms. The van der Waals surface area contributed by atoms with E-state index in [1.54, 1.807) is 13.8 Å². The molecule has 0 saturated heterocycles. The van der Waals surface area contributed by atoms with Gasteiger partial charge in [-0.3, -0.25) is 14.4 Å². The first-order valence-electron chi connectivity index (χ1n) is 6.38. The molecule has 0 saturated carbocycles. The van der Waals surface area contributed by atoms with E-state index in [2.05, 4.69) is 5.32 Å². The van der Waals surface area contributed by atoms with E-state index in [1.165, 1.54) is 12.1 Å². The molecule has 1 heterocycles. The van der Waals surface area contributed by atoms with Gasteiger partial charge in [-0.1, -0.05) is 0 Å². The molecule has 0 unspecified atom stereocenters. The molecule has 0 bridgehead atoms. The van der Waals surface area contributed by atoms with Gasteiger partial charge in [-0.15, -0.1) is 0 Å². The molecule has 0 aromatic heterocycles. The van der Waals surface area contributed by atoms with Gasteiger partial charge in [0.15, 0.2) is 0 Å². The summed E-state index contributed by atoms with van der Waals surface area (Å²) in [5, 5.41) is 2.59. The van der Waals surface area contributed by atoms with Crippen molar-refractivity contribution >= 4 is 23.3 Å². The van der Waals surface area contributed by atoms with Crippen molar-refractivity contribution in [2.45, 2.75) is 20.3 Å². The average molecular weight is 278 g/mol. The third-order valence-corrected chi connectivity index (χ3v) is 3.10. The number of anilines is 1. The number of aryl methyl sites for hydroxylation is 1. The number of rotatable bonds is 4. The third kappa shape index (κ3) is 2.41. The number of halogens is 1. The second-order valence-electron chi connectivity index (χ2n) is 4.63. The van der Waals surface area contributed by atoms with E-state index < -0.39 is 17.5 Å². The Balaban J connectivity index is 2.27.